The molecule has 0 aromatic heterocycles. The number of ketones is 1. The van der Waals surface area contributed by atoms with Crippen molar-refractivity contribution in [2.45, 2.75) is 31.4 Å². The van der Waals surface area contributed by atoms with Crippen LogP contribution in [0.2, 0.25) is 0 Å². The molecule has 1 aromatic carbocycles. The molecular formula is C14H19NOS. The molecule has 0 spiro atoms. The molecule has 1 heterocycles. The molecule has 0 aliphatic carbocycles. The molecule has 92 valence electrons. The van der Waals surface area contributed by atoms with Gasteiger partial charge in [-0.25, -0.2) is 0 Å². The first-order chi connectivity index (χ1) is 8.09. The van der Waals surface area contributed by atoms with Crippen LogP contribution in [0.5, 0.6) is 0 Å². The maximum atomic E-state index is 11.2. The lowest BCUT2D eigenvalue weighted by Crippen LogP contribution is -2.26. The molecule has 1 N–H and O–H groups in total. The van der Waals surface area contributed by atoms with Crippen molar-refractivity contribution in [2.24, 2.45) is 0 Å². The number of rotatable bonds is 4. The molecule has 1 saturated heterocycles. The Morgan fingerprint density at radius 3 is 2.65 bits per heavy atom. The monoisotopic (exact) mass is 249 g/mol. The predicted molar refractivity (Wildman–Crippen MR) is 75.0 cm³/mol. The summed E-state index contributed by atoms with van der Waals surface area (Å²) in [5.74, 6) is 1.40. The summed E-state index contributed by atoms with van der Waals surface area (Å²) in [5.41, 5.74) is 1.88. The summed E-state index contributed by atoms with van der Waals surface area (Å²) in [4.78, 5) is 11.2. The zero-order valence-electron chi connectivity index (χ0n) is 10.5. The minimum absolute atomic E-state index is 0.120. The van der Waals surface area contributed by atoms with E-state index in [0.717, 1.165) is 17.8 Å². The quantitative estimate of drug-likeness (QED) is 0.827. The lowest BCUT2D eigenvalue weighted by molar-refractivity contribution is 0.101. The molecule has 2 rings (SSSR count). The highest BCUT2D eigenvalue weighted by Gasteiger charge is 2.28. The van der Waals surface area contributed by atoms with Gasteiger partial charge in [0.1, 0.15) is 0 Å². The van der Waals surface area contributed by atoms with Gasteiger partial charge >= 0.3 is 0 Å². The Balaban J connectivity index is 1.93. The van der Waals surface area contributed by atoms with Gasteiger partial charge < -0.3 is 5.32 Å². The minimum atomic E-state index is 0.120. The van der Waals surface area contributed by atoms with Gasteiger partial charge in [-0.2, -0.15) is 11.8 Å². The smallest absolute Gasteiger partial charge is 0.159 e. The van der Waals surface area contributed by atoms with Gasteiger partial charge in [0.2, 0.25) is 0 Å². The Morgan fingerprint density at radius 1 is 1.41 bits per heavy atom. The van der Waals surface area contributed by atoms with Crippen LogP contribution in [-0.2, 0) is 0 Å². The minimum Gasteiger partial charge on any atom is -0.384 e. The van der Waals surface area contributed by atoms with Crippen molar-refractivity contribution in [3.63, 3.8) is 0 Å². The molecule has 1 fully saturated rings. The summed E-state index contributed by atoms with van der Waals surface area (Å²) in [6, 6.07) is 7.74. The Hall–Kier alpha value is -0.960. The molecule has 2 nitrogen and oxygen atoms in total. The molecular weight excluding hydrogens is 230 g/mol. The van der Waals surface area contributed by atoms with Crippen molar-refractivity contribution < 1.29 is 4.79 Å². The van der Waals surface area contributed by atoms with E-state index in [1.165, 1.54) is 18.6 Å². The Morgan fingerprint density at radius 2 is 2.12 bits per heavy atom. The highest BCUT2D eigenvalue weighted by atomic mass is 32.2. The number of nitrogens with one attached hydrogen (secondary N) is 1. The summed E-state index contributed by atoms with van der Waals surface area (Å²) < 4.78 is 0.374. The molecule has 1 aliphatic rings. The summed E-state index contributed by atoms with van der Waals surface area (Å²) in [6.07, 6.45) is 2.61. The number of anilines is 1. The lowest BCUT2D eigenvalue weighted by atomic mass is 10.1. The third-order valence-electron chi connectivity index (χ3n) is 3.26. The van der Waals surface area contributed by atoms with Crippen molar-refractivity contribution in [3.8, 4) is 0 Å². The highest BCUT2D eigenvalue weighted by molar-refractivity contribution is 8.00. The number of hydrogen-bond donors (Lipinski definition) is 1. The molecule has 3 heteroatoms. The molecule has 1 aliphatic heterocycles. The fraction of sp³-hybridized carbons (Fsp3) is 0.500. The van der Waals surface area contributed by atoms with E-state index in [9.17, 15) is 4.79 Å². The summed E-state index contributed by atoms with van der Waals surface area (Å²) in [6.45, 7) is 4.91. The standard InChI is InChI=1S/C14H19NOS/c1-11(16)12-4-6-13(7-5-12)15-10-14(2)8-3-9-17-14/h4-7,15H,3,8-10H2,1-2H3. The number of carbonyl (C=O) groups excluding carboxylic acids is 1. The van der Waals surface area contributed by atoms with Crippen molar-refractivity contribution >= 4 is 23.2 Å². The van der Waals surface area contributed by atoms with E-state index in [4.69, 9.17) is 0 Å². The van der Waals surface area contributed by atoms with E-state index in [0.29, 0.717) is 4.75 Å². The normalized spacial score (nSPS) is 23.6. The fourth-order valence-corrected chi connectivity index (χ4v) is 3.33. The second-order valence-corrected chi connectivity index (χ2v) is 6.57. The summed E-state index contributed by atoms with van der Waals surface area (Å²) >= 11 is 2.06. The number of benzene rings is 1. The van der Waals surface area contributed by atoms with Gasteiger partial charge in [-0.1, -0.05) is 0 Å². The van der Waals surface area contributed by atoms with Gasteiger partial charge in [-0.15, -0.1) is 0 Å². The summed E-state index contributed by atoms with van der Waals surface area (Å²) in [5, 5.41) is 3.46. The molecule has 1 atom stereocenters. The highest BCUT2D eigenvalue weighted by Crippen LogP contribution is 2.37. The van der Waals surface area contributed by atoms with Crippen LogP contribution in [0.3, 0.4) is 0 Å². The van der Waals surface area contributed by atoms with Crippen LogP contribution < -0.4 is 5.32 Å². The molecule has 17 heavy (non-hydrogen) atoms. The van der Waals surface area contributed by atoms with Crippen LogP contribution in [0, 0.1) is 0 Å². The van der Waals surface area contributed by atoms with Crippen molar-refractivity contribution in [2.75, 3.05) is 17.6 Å². The van der Waals surface area contributed by atoms with Crippen LogP contribution in [0.15, 0.2) is 24.3 Å². The van der Waals surface area contributed by atoms with Gasteiger partial charge in [0.15, 0.2) is 5.78 Å². The second-order valence-electron chi connectivity index (χ2n) is 4.89. The topological polar surface area (TPSA) is 29.1 Å². The molecule has 0 saturated carbocycles. The van der Waals surface area contributed by atoms with E-state index in [2.05, 4.69) is 24.0 Å². The van der Waals surface area contributed by atoms with Crippen LogP contribution in [0.25, 0.3) is 0 Å². The number of carbonyl (C=O) groups is 1. The maximum Gasteiger partial charge on any atom is 0.159 e. The van der Waals surface area contributed by atoms with Crippen LogP contribution >= 0.6 is 11.8 Å². The van der Waals surface area contributed by atoms with E-state index in [1.54, 1.807) is 6.92 Å². The zero-order chi connectivity index (χ0) is 12.3. The molecule has 0 amide bonds. The van der Waals surface area contributed by atoms with E-state index in [1.807, 2.05) is 24.3 Å². The maximum absolute atomic E-state index is 11.2. The van der Waals surface area contributed by atoms with Crippen LogP contribution in [0.1, 0.15) is 37.0 Å². The SMILES string of the molecule is CC(=O)c1ccc(NCC2(C)CCCS2)cc1. The van der Waals surface area contributed by atoms with Gasteiger partial charge in [0.05, 0.1) is 0 Å². The predicted octanol–water partition coefficient (Wildman–Crippen LogP) is 3.59. The van der Waals surface area contributed by atoms with Crippen molar-refractivity contribution in [3.05, 3.63) is 29.8 Å². The Kier molecular flexibility index (Phi) is 3.77. The Labute approximate surface area is 107 Å². The van der Waals surface area contributed by atoms with Crippen molar-refractivity contribution in [1.82, 2.24) is 0 Å². The fourth-order valence-electron chi connectivity index (χ4n) is 2.09. The third kappa shape index (κ3) is 3.25. The van der Waals surface area contributed by atoms with E-state index in [-0.39, 0.29) is 5.78 Å². The largest absolute Gasteiger partial charge is 0.384 e. The molecule has 1 aromatic rings. The van der Waals surface area contributed by atoms with Crippen molar-refractivity contribution in [1.29, 1.82) is 0 Å². The zero-order valence-corrected chi connectivity index (χ0v) is 11.3. The third-order valence-corrected chi connectivity index (χ3v) is 4.80. The van der Waals surface area contributed by atoms with Gasteiger partial charge in [-0.05, 0) is 56.7 Å². The van der Waals surface area contributed by atoms with Crippen LogP contribution in [0.4, 0.5) is 5.69 Å². The van der Waals surface area contributed by atoms with E-state index < -0.39 is 0 Å². The first kappa shape index (κ1) is 12.5. The Bertz CT molecular complexity index is 393. The number of hydrogen-bond acceptors (Lipinski definition) is 3. The lowest BCUT2D eigenvalue weighted by Gasteiger charge is -2.23. The molecule has 0 bridgehead atoms. The average Bonchev–Trinajstić information content (AvgIpc) is 2.75. The first-order valence-electron chi connectivity index (χ1n) is 6.08. The van der Waals surface area contributed by atoms with Crippen LogP contribution in [-0.4, -0.2) is 22.8 Å². The second kappa shape index (κ2) is 5.13. The molecule has 0 radical (unpaired) electrons. The number of thioether (sulfide) groups is 1. The number of Topliss-reactive ketones (excluding diaryl/α,β-unsaturated/α-hetero) is 1. The van der Waals surface area contributed by atoms with E-state index >= 15 is 0 Å². The van der Waals surface area contributed by atoms with Gasteiger partial charge in [0, 0.05) is 22.5 Å². The van der Waals surface area contributed by atoms with Gasteiger partial charge in [-0.3, -0.25) is 4.79 Å². The average molecular weight is 249 g/mol. The first-order valence-corrected chi connectivity index (χ1v) is 7.06. The van der Waals surface area contributed by atoms with Gasteiger partial charge in [0.25, 0.3) is 0 Å². The molecule has 1 unspecified atom stereocenters. The summed E-state index contributed by atoms with van der Waals surface area (Å²) in [7, 11) is 0.